The Morgan fingerprint density at radius 3 is 2.38 bits per heavy atom. The number of nitrogens with zero attached hydrogens (tertiary/aromatic N) is 5. The Balaban J connectivity index is 1.44. The molecule has 12 heteroatoms. The van der Waals surface area contributed by atoms with Crippen LogP contribution in [0.5, 0.6) is 0 Å². The van der Waals surface area contributed by atoms with Gasteiger partial charge in [0.2, 0.25) is 0 Å². The summed E-state index contributed by atoms with van der Waals surface area (Å²) in [5.41, 5.74) is 1.50. The van der Waals surface area contributed by atoms with Crippen LogP contribution in [-0.2, 0) is 12.0 Å². The number of carbonyl (C=O) groups excluding carboxylic acids is 2. The molecule has 2 aromatic heterocycles. The number of hydrogen-bond donors (Lipinski definition) is 2. The molecule has 3 rings (SSSR count). The normalized spacial score (nSPS) is 11.2. The number of aromatic nitrogens is 4. The molecule has 2 amide bonds. The van der Waals surface area contributed by atoms with Gasteiger partial charge in [-0.25, -0.2) is 0 Å². The van der Waals surface area contributed by atoms with E-state index in [2.05, 4.69) is 46.6 Å². The molecule has 0 fully saturated rings. The van der Waals surface area contributed by atoms with Crippen LogP contribution in [0.3, 0.4) is 0 Å². The van der Waals surface area contributed by atoms with Crippen LogP contribution in [0, 0.1) is 10.1 Å². The van der Waals surface area contributed by atoms with E-state index < -0.39 is 10.8 Å². The summed E-state index contributed by atoms with van der Waals surface area (Å²) in [6, 6.07) is 7.38. The summed E-state index contributed by atoms with van der Waals surface area (Å²) in [6.07, 6.45) is 2.32. The minimum Gasteiger partial charge on any atom is -0.350 e. The Morgan fingerprint density at radius 1 is 1.12 bits per heavy atom. The number of hydrogen-bond acceptors (Lipinski definition) is 8. The second-order valence-electron chi connectivity index (χ2n) is 8.01. The van der Waals surface area contributed by atoms with Gasteiger partial charge in [0, 0.05) is 18.7 Å². The maximum atomic E-state index is 12.2. The molecule has 0 spiro atoms. The van der Waals surface area contributed by atoms with Crippen LogP contribution in [0.15, 0.2) is 41.2 Å². The maximum Gasteiger partial charge on any atom is 0.316 e. The van der Waals surface area contributed by atoms with Gasteiger partial charge in [-0.1, -0.05) is 38.1 Å². The van der Waals surface area contributed by atoms with Crippen molar-refractivity contribution in [3.8, 4) is 0 Å². The van der Waals surface area contributed by atoms with Gasteiger partial charge in [0.25, 0.3) is 5.91 Å². The Bertz CT molecular complexity index is 1110. The summed E-state index contributed by atoms with van der Waals surface area (Å²) in [5, 5.41) is 23.5. The summed E-state index contributed by atoms with van der Waals surface area (Å²) in [4.78, 5) is 38.4. The number of nitrogens with one attached hydrogen (secondary N) is 2. The lowest BCUT2D eigenvalue weighted by atomic mass is 9.87. The third kappa shape index (κ3) is 5.74. The Morgan fingerprint density at radius 2 is 1.78 bits per heavy atom. The van der Waals surface area contributed by atoms with Crippen molar-refractivity contribution in [3.63, 3.8) is 0 Å². The number of nitro groups is 1. The number of benzene rings is 1. The topological polar surface area (TPSA) is 158 Å². The highest BCUT2D eigenvalue weighted by Crippen LogP contribution is 2.22. The van der Waals surface area contributed by atoms with Crippen LogP contribution in [0.2, 0.25) is 0 Å². The minimum atomic E-state index is -0.598. The minimum absolute atomic E-state index is 0.00422. The molecule has 0 radical (unpaired) electrons. The van der Waals surface area contributed by atoms with Crippen LogP contribution < -0.4 is 10.6 Å². The molecule has 168 valence electrons. The first kappa shape index (κ1) is 22.6. The van der Waals surface area contributed by atoms with Gasteiger partial charge in [-0.05, 0) is 23.1 Å². The highest BCUT2D eigenvalue weighted by molar-refractivity contribution is 5.94. The molecule has 32 heavy (non-hydrogen) atoms. The molecule has 0 atom stereocenters. The second-order valence-corrected chi connectivity index (χ2v) is 8.01. The molecule has 0 bridgehead atoms. The van der Waals surface area contributed by atoms with Crippen molar-refractivity contribution >= 4 is 17.5 Å². The van der Waals surface area contributed by atoms with E-state index in [9.17, 15) is 19.7 Å². The molecule has 0 aliphatic rings. The van der Waals surface area contributed by atoms with Gasteiger partial charge in [-0.15, -0.1) is 0 Å². The third-order valence-corrected chi connectivity index (χ3v) is 4.51. The highest BCUT2D eigenvalue weighted by atomic mass is 16.6. The van der Waals surface area contributed by atoms with E-state index in [4.69, 9.17) is 4.52 Å². The van der Waals surface area contributed by atoms with Crippen molar-refractivity contribution in [1.29, 1.82) is 0 Å². The van der Waals surface area contributed by atoms with E-state index in [0.717, 1.165) is 11.8 Å². The van der Waals surface area contributed by atoms with Gasteiger partial charge in [0.05, 0.1) is 4.92 Å². The average Bonchev–Trinajstić information content (AvgIpc) is 3.40. The Labute approximate surface area is 183 Å². The lowest BCUT2D eigenvalue weighted by molar-refractivity contribution is -0.385. The molecule has 2 N–H and O–H groups in total. The summed E-state index contributed by atoms with van der Waals surface area (Å²) in [6.45, 7) is 6.67. The van der Waals surface area contributed by atoms with E-state index in [1.807, 2.05) is 12.1 Å². The summed E-state index contributed by atoms with van der Waals surface area (Å²) < 4.78 is 6.16. The number of carbonyl (C=O) groups is 2. The van der Waals surface area contributed by atoms with Gasteiger partial charge in [0.15, 0.2) is 5.82 Å². The predicted molar refractivity (Wildman–Crippen MR) is 112 cm³/mol. The number of rotatable bonds is 8. The maximum absolute atomic E-state index is 12.2. The standard InChI is InChI=1S/C20H23N7O5/c1-20(2,3)14-6-4-13(5-7-14)17(28)21-8-9-22-18(29)19-24-16(25-32-19)12-26-11-15(10-23-26)27(30)31/h4-7,10-11H,8-9,12H2,1-3H3,(H,21,28)(H,22,29). The average molecular weight is 441 g/mol. The number of amides is 2. The molecule has 0 saturated heterocycles. The fraction of sp³-hybridized carbons (Fsp3) is 0.350. The smallest absolute Gasteiger partial charge is 0.316 e. The van der Waals surface area contributed by atoms with Crippen LogP contribution in [0.25, 0.3) is 0 Å². The molecule has 1 aromatic carbocycles. The predicted octanol–water partition coefficient (Wildman–Crippen LogP) is 1.68. The first-order chi connectivity index (χ1) is 15.1. The lowest BCUT2D eigenvalue weighted by Gasteiger charge is -2.19. The Hall–Kier alpha value is -4.09. The SMILES string of the molecule is CC(C)(C)c1ccc(C(=O)NCCNC(=O)c2nc(Cn3cc([N+](=O)[O-])cn3)no2)cc1. The molecule has 12 nitrogen and oxygen atoms in total. The van der Waals surface area contributed by atoms with Gasteiger partial charge >= 0.3 is 17.5 Å². The summed E-state index contributed by atoms with van der Waals surface area (Å²) in [7, 11) is 0. The lowest BCUT2D eigenvalue weighted by Crippen LogP contribution is -2.34. The van der Waals surface area contributed by atoms with Crippen LogP contribution in [-0.4, -0.2) is 49.7 Å². The zero-order valence-electron chi connectivity index (χ0n) is 17.9. The molecule has 0 aliphatic carbocycles. The summed E-state index contributed by atoms with van der Waals surface area (Å²) >= 11 is 0. The molecule has 2 heterocycles. The molecule has 0 saturated carbocycles. The van der Waals surface area contributed by atoms with Gasteiger partial charge in [-0.2, -0.15) is 10.1 Å². The van der Waals surface area contributed by atoms with Gasteiger partial charge in [-0.3, -0.25) is 24.4 Å². The third-order valence-electron chi connectivity index (χ3n) is 4.51. The van der Waals surface area contributed by atoms with Crippen molar-refractivity contribution < 1.29 is 19.0 Å². The van der Waals surface area contributed by atoms with Gasteiger partial charge < -0.3 is 15.2 Å². The van der Waals surface area contributed by atoms with E-state index in [1.165, 1.54) is 10.9 Å². The quantitative estimate of drug-likeness (QED) is 0.303. The monoisotopic (exact) mass is 441 g/mol. The van der Waals surface area contributed by atoms with E-state index in [0.29, 0.717) is 5.56 Å². The van der Waals surface area contributed by atoms with E-state index in [1.54, 1.807) is 12.1 Å². The molecular weight excluding hydrogens is 418 g/mol. The van der Waals surface area contributed by atoms with E-state index in [-0.39, 0.29) is 48.4 Å². The van der Waals surface area contributed by atoms with Gasteiger partial charge in [0.1, 0.15) is 18.9 Å². The molecule has 0 unspecified atom stereocenters. The molecule has 0 aliphatic heterocycles. The van der Waals surface area contributed by atoms with Crippen molar-refractivity contribution in [2.75, 3.05) is 13.1 Å². The van der Waals surface area contributed by atoms with Crippen LogP contribution in [0.4, 0.5) is 5.69 Å². The fourth-order valence-electron chi connectivity index (χ4n) is 2.74. The van der Waals surface area contributed by atoms with E-state index >= 15 is 0 Å². The molecular formula is C20H23N7O5. The zero-order valence-corrected chi connectivity index (χ0v) is 17.9. The fourth-order valence-corrected chi connectivity index (χ4v) is 2.74. The first-order valence-corrected chi connectivity index (χ1v) is 9.80. The van der Waals surface area contributed by atoms with Crippen molar-refractivity contribution in [1.82, 2.24) is 30.6 Å². The van der Waals surface area contributed by atoms with Crippen LogP contribution >= 0.6 is 0 Å². The highest BCUT2D eigenvalue weighted by Gasteiger charge is 2.17. The van der Waals surface area contributed by atoms with Crippen molar-refractivity contribution in [3.05, 3.63) is 69.6 Å². The molecule has 3 aromatic rings. The zero-order chi connectivity index (χ0) is 23.3. The largest absolute Gasteiger partial charge is 0.350 e. The van der Waals surface area contributed by atoms with Crippen LogP contribution in [0.1, 0.15) is 53.2 Å². The van der Waals surface area contributed by atoms with Crippen molar-refractivity contribution in [2.45, 2.75) is 32.7 Å². The first-order valence-electron chi connectivity index (χ1n) is 9.80. The Kier molecular flexibility index (Phi) is 6.61. The second kappa shape index (κ2) is 9.37. The summed E-state index contributed by atoms with van der Waals surface area (Å²) in [5.74, 6) is -0.960. The van der Waals surface area contributed by atoms with Crippen molar-refractivity contribution in [2.24, 2.45) is 0 Å².